The van der Waals surface area contributed by atoms with E-state index in [9.17, 15) is 4.79 Å². The topological polar surface area (TPSA) is 79.2 Å². The van der Waals surface area contributed by atoms with Crippen molar-refractivity contribution in [3.05, 3.63) is 54.1 Å². The van der Waals surface area contributed by atoms with E-state index in [2.05, 4.69) is 43.6 Å². The summed E-state index contributed by atoms with van der Waals surface area (Å²) in [6.07, 6.45) is 0. The highest BCUT2D eigenvalue weighted by Crippen LogP contribution is 2.27. The number of nitrogens with zero attached hydrogens (tertiary/aromatic N) is 6. The molecule has 31 heavy (non-hydrogen) atoms. The molecule has 0 aliphatic carbocycles. The third kappa shape index (κ3) is 5.05. The molecule has 1 aliphatic heterocycles. The number of piperazine rings is 1. The van der Waals surface area contributed by atoms with Crippen molar-refractivity contribution in [1.29, 1.82) is 0 Å². The van der Waals surface area contributed by atoms with E-state index in [1.165, 1.54) is 11.8 Å². The van der Waals surface area contributed by atoms with Gasteiger partial charge in [-0.3, -0.25) is 4.79 Å². The van der Waals surface area contributed by atoms with Crippen molar-refractivity contribution >= 4 is 29.0 Å². The van der Waals surface area contributed by atoms with Crippen molar-refractivity contribution in [2.75, 3.05) is 48.7 Å². The van der Waals surface area contributed by atoms with Crippen molar-refractivity contribution < 1.29 is 4.79 Å². The first-order chi connectivity index (χ1) is 15.2. The number of para-hydroxylation sites is 3. The molecule has 8 nitrogen and oxygen atoms in total. The van der Waals surface area contributed by atoms with Crippen LogP contribution in [0.5, 0.6) is 0 Å². The summed E-state index contributed by atoms with van der Waals surface area (Å²) in [4.78, 5) is 17.5. The van der Waals surface area contributed by atoms with Crippen LogP contribution in [-0.4, -0.2) is 69.5 Å². The second-order valence-electron chi connectivity index (χ2n) is 7.44. The highest BCUT2D eigenvalue weighted by Gasteiger charge is 2.19. The van der Waals surface area contributed by atoms with Crippen LogP contribution in [0.2, 0.25) is 0 Å². The van der Waals surface area contributed by atoms with Crippen LogP contribution in [-0.2, 0) is 4.79 Å². The molecule has 1 fully saturated rings. The number of hydrogen-bond donors (Lipinski definition) is 1. The van der Waals surface area contributed by atoms with Gasteiger partial charge < -0.3 is 15.1 Å². The minimum absolute atomic E-state index is 0.0797. The van der Waals surface area contributed by atoms with Gasteiger partial charge in [0.05, 0.1) is 22.8 Å². The second-order valence-corrected chi connectivity index (χ2v) is 8.38. The number of amides is 1. The molecule has 9 heteroatoms. The van der Waals surface area contributed by atoms with E-state index in [4.69, 9.17) is 0 Å². The monoisotopic (exact) mass is 437 g/mol. The number of aromatic nitrogens is 4. The Labute approximate surface area is 186 Å². The zero-order valence-corrected chi connectivity index (χ0v) is 18.7. The predicted octanol–water partition coefficient (Wildman–Crippen LogP) is 2.84. The average Bonchev–Trinajstić information content (AvgIpc) is 3.27. The van der Waals surface area contributed by atoms with Crippen molar-refractivity contribution in [3.63, 3.8) is 0 Å². The lowest BCUT2D eigenvalue weighted by atomic mass is 10.2. The van der Waals surface area contributed by atoms with Gasteiger partial charge in [0.15, 0.2) is 0 Å². The Morgan fingerprint density at radius 3 is 2.48 bits per heavy atom. The zero-order chi connectivity index (χ0) is 21.6. The molecule has 0 saturated carbocycles. The molecule has 1 amide bonds. The second kappa shape index (κ2) is 9.93. The maximum Gasteiger partial charge on any atom is 0.234 e. The van der Waals surface area contributed by atoms with Gasteiger partial charge in [-0.2, -0.15) is 4.68 Å². The minimum Gasteiger partial charge on any atom is -0.367 e. The largest absolute Gasteiger partial charge is 0.367 e. The van der Waals surface area contributed by atoms with Gasteiger partial charge in [0, 0.05) is 26.2 Å². The van der Waals surface area contributed by atoms with Gasteiger partial charge in [-0.25, -0.2) is 0 Å². The Hall–Kier alpha value is -2.91. The molecule has 1 aromatic heterocycles. The summed E-state index contributed by atoms with van der Waals surface area (Å²) >= 11 is 1.32. The summed E-state index contributed by atoms with van der Waals surface area (Å²) in [5, 5.41) is 15.6. The number of aryl methyl sites for hydroxylation is 1. The lowest BCUT2D eigenvalue weighted by Gasteiger charge is -2.36. The molecular formula is C22H27N7OS. The molecule has 4 rings (SSSR count). The molecule has 1 N–H and O–H groups in total. The number of likely N-dealkylation sites (N-methyl/N-ethyl adjacent to an activating group) is 1. The maximum atomic E-state index is 12.7. The zero-order valence-electron chi connectivity index (χ0n) is 17.9. The van der Waals surface area contributed by atoms with Gasteiger partial charge in [-0.05, 0) is 47.7 Å². The van der Waals surface area contributed by atoms with Crippen LogP contribution in [0, 0.1) is 6.92 Å². The number of carbonyl (C=O) groups excluding carboxylic acids is 1. The Kier molecular flexibility index (Phi) is 6.83. The van der Waals surface area contributed by atoms with E-state index in [1.807, 2.05) is 49.4 Å². The molecule has 2 heterocycles. The van der Waals surface area contributed by atoms with Gasteiger partial charge in [0.25, 0.3) is 0 Å². The smallest absolute Gasteiger partial charge is 0.234 e. The SMILES string of the molecule is CCN1CCN(c2ccccc2NC(=O)CSc2nnnn2-c2ccccc2C)CC1. The fourth-order valence-corrected chi connectivity index (χ4v) is 4.38. The molecule has 0 radical (unpaired) electrons. The normalized spacial score (nSPS) is 14.6. The third-order valence-electron chi connectivity index (χ3n) is 5.46. The lowest BCUT2D eigenvalue weighted by molar-refractivity contribution is -0.113. The molecule has 0 atom stereocenters. The van der Waals surface area contributed by atoms with Crippen molar-refractivity contribution in [3.8, 4) is 5.69 Å². The summed E-state index contributed by atoms with van der Waals surface area (Å²) < 4.78 is 1.68. The molecule has 3 aromatic rings. The fraction of sp³-hybridized carbons (Fsp3) is 0.364. The average molecular weight is 438 g/mol. The van der Waals surface area contributed by atoms with E-state index in [1.54, 1.807) is 4.68 Å². The molecule has 0 spiro atoms. The highest BCUT2D eigenvalue weighted by molar-refractivity contribution is 7.99. The molecule has 1 saturated heterocycles. The molecule has 162 valence electrons. The van der Waals surface area contributed by atoms with E-state index in [-0.39, 0.29) is 11.7 Å². The molecule has 0 bridgehead atoms. The number of tetrazole rings is 1. The molecule has 1 aliphatic rings. The summed E-state index contributed by atoms with van der Waals surface area (Å²) in [5.74, 6) is 0.147. The van der Waals surface area contributed by atoms with Gasteiger partial charge in [-0.1, -0.05) is 49.0 Å². The Bertz CT molecular complexity index is 1030. The van der Waals surface area contributed by atoms with E-state index < -0.39 is 0 Å². The number of carbonyl (C=O) groups is 1. The molecule has 2 aromatic carbocycles. The van der Waals surface area contributed by atoms with Crippen LogP contribution in [0.3, 0.4) is 0 Å². The third-order valence-corrected chi connectivity index (χ3v) is 6.37. The summed E-state index contributed by atoms with van der Waals surface area (Å²) in [5.41, 5.74) is 3.89. The number of anilines is 2. The number of nitrogens with one attached hydrogen (secondary N) is 1. The number of benzene rings is 2. The quantitative estimate of drug-likeness (QED) is 0.570. The van der Waals surface area contributed by atoms with Crippen LogP contribution < -0.4 is 10.2 Å². The number of hydrogen-bond acceptors (Lipinski definition) is 7. The van der Waals surface area contributed by atoms with Gasteiger partial charge in [0.1, 0.15) is 0 Å². The summed E-state index contributed by atoms with van der Waals surface area (Å²) in [6.45, 7) is 9.27. The fourth-order valence-electron chi connectivity index (χ4n) is 3.70. The first-order valence-electron chi connectivity index (χ1n) is 10.5. The van der Waals surface area contributed by atoms with Crippen LogP contribution in [0.1, 0.15) is 12.5 Å². The minimum atomic E-state index is -0.0797. The van der Waals surface area contributed by atoms with Crippen molar-refractivity contribution in [2.24, 2.45) is 0 Å². The summed E-state index contributed by atoms with van der Waals surface area (Å²) in [7, 11) is 0. The van der Waals surface area contributed by atoms with E-state index in [0.29, 0.717) is 5.16 Å². The van der Waals surface area contributed by atoms with Crippen LogP contribution in [0.4, 0.5) is 11.4 Å². The first kappa shape index (κ1) is 21.3. The van der Waals surface area contributed by atoms with Crippen LogP contribution in [0.25, 0.3) is 5.69 Å². The van der Waals surface area contributed by atoms with Crippen LogP contribution >= 0.6 is 11.8 Å². The number of thioether (sulfide) groups is 1. The van der Waals surface area contributed by atoms with Crippen molar-refractivity contribution in [2.45, 2.75) is 19.0 Å². The first-order valence-corrected chi connectivity index (χ1v) is 11.5. The summed E-state index contributed by atoms with van der Waals surface area (Å²) in [6, 6.07) is 15.9. The highest BCUT2D eigenvalue weighted by atomic mass is 32.2. The Balaban J connectivity index is 1.40. The molecular weight excluding hydrogens is 410 g/mol. The molecule has 0 unspecified atom stereocenters. The standard InChI is InChI=1S/C22H27N7OS/c1-3-27-12-14-28(15-13-27)20-11-7-5-9-18(20)23-21(30)16-31-22-24-25-26-29(22)19-10-6-4-8-17(19)2/h4-11H,3,12-16H2,1-2H3,(H,23,30). The maximum absolute atomic E-state index is 12.7. The van der Waals surface area contributed by atoms with E-state index in [0.717, 1.165) is 55.3 Å². The van der Waals surface area contributed by atoms with Gasteiger partial charge in [-0.15, -0.1) is 5.10 Å². The predicted molar refractivity (Wildman–Crippen MR) is 124 cm³/mol. The Morgan fingerprint density at radius 1 is 1.03 bits per heavy atom. The van der Waals surface area contributed by atoms with Crippen LogP contribution in [0.15, 0.2) is 53.7 Å². The van der Waals surface area contributed by atoms with E-state index >= 15 is 0 Å². The van der Waals surface area contributed by atoms with Gasteiger partial charge >= 0.3 is 0 Å². The van der Waals surface area contributed by atoms with Crippen molar-refractivity contribution in [1.82, 2.24) is 25.1 Å². The van der Waals surface area contributed by atoms with Gasteiger partial charge in [0.2, 0.25) is 11.1 Å². The Morgan fingerprint density at radius 2 is 1.74 bits per heavy atom. The number of rotatable bonds is 7. The lowest BCUT2D eigenvalue weighted by Crippen LogP contribution is -2.46.